The van der Waals surface area contributed by atoms with Crippen LogP contribution in [0.15, 0.2) is 22.7 Å². The number of rotatable bonds is 2. The minimum absolute atomic E-state index is 0.0358. The summed E-state index contributed by atoms with van der Waals surface area (Å²) in [6.07, 6.45) is 0.335. The van der Waals surface area contributed by atoms with Gasteiger partial charge in [-0.15, -0.1) is 0 Å². The quantitative estimate of drug-likeness (QED) is 0.876. The number of nitrogens with one attached hydrogen (secondary N) is 1. The largest absolute Gasteiger partial charge is 0.444 e. The number of halogens is 2. The van der Waals surface area contributed by atoms with Gasteiger partial charge >= 0.3 is 6.09 Å². The third-order valence-corrected chi connectivity index (χ3v) is 3.80. The molecule has 1 aliphatic heterocycles. The fourth-order valence-electron chi connectivity index (χ4n) is 2.35. The maximum absolute atomic E-state index is 13.9. The summed E-state index contributed by atoms with van der Waals surface area (Å²) in [5, 5.41) is 2.83. The van der Waals surface area contributed by atoms with E-state index in [-0.39, 0.29) is 11.9 Å². The normalized spacial score (nSPS) is 18.7. The monoisotopic (exact) mass is 358 g/mol. The van der Waals surface area contributed by atoms with E-state index in [1.54, 1.807) is 6.07 Å². The fraction of sp³-hybridized carbons (Fsp3) is 0.533. The van der Waals surface area contributed by atoms with Gasteiger partial charge < -0.3 is 15.0 Å². The van der Waals surface area contributed by atoms with E-state index in [1.807, 2.05) is 31.7 Å². The van der Waals surface area contributed by atoms with Gasteiger partial charge in [0.2, 0.25) is 0 Å². The number of amides is 1. The number of para-hydroxylation sites is 1. The van der Waals surface area contributed by atoms with Crippen molar-refractivity contribution in [2.24, 2.45) is 0 Å². The van der Waals surface area contributed by atoms with E-state index < -0.39 is 11.7 Å². The Morgan fingerprint density at radius 1 is 1.48 bits per heavy atom. The van der Waals surface area contributed by atoms with Crippen LogP contribution in [0.4, 0.5) is 14.9 Å². The average Bonchev–Trinajstić information content (AvgIpc) is 2.74. The number of nitrogens with zero attached hydrogens (tertiary/aromatic N) is 1. The molecule has 2 rings (SSSR count). The minimum atomic E-state index is -0.517. The number of carbonyl (C=O) groups excluding carboxylic acids is 1. The Hall–Kier alpha value is -1.30. The van der Waals surface area contributed by atoms with Gasteiger partial charge in [-0.05, 0) is 55.3 Å². The summed E-state index contributed by atoms with van der Waals surface area (Å²) in [7, 11) is 0. The topological polar surface area (TPSA) is 41.6 Å². The molecular weight excluding hydrogens is 339 g/mol. The predicted molar refractivity (Wildman–Crippen MR) is 84.1 cm³/mol. The minimum Gasteiger partial charge on any atom is -0.444 e. The molecule has 0 aromatic heterocycles. The lowest BCUT2D eigenvalue weighted by Gasteiger charge is -2.23. The van der Waals surface area contributed by atoms with Crippen LogP contribution in [0.25, 0.3) is 0 Å². The molecule has 21 heavy (non-hydrogen) atoms. The second kappa shape index (κ2) is 6.22. The third kappa shape index (κ3) is 4.33. The summed E-state index contributed by atoms with van der Waals surface area (Å²) in [4.78, 5) is 13.7. The van der Waals surface area contributed by atoms with Gasteiger partial charge in [0.15, 0.2) is 0 Å². The molecule has 1 aromatic carbocycles. The van der Waals surface area contributed by atoms with Gasteiger partial charge in [-0.2, -0.15) is 0 Å². The maximum Gasteiger partial charge on any atom is 0.407 e. The van der Waals surface area contributed by atoms with Gasteiger partial charge in [-0.25, -0.2) is 9.18 Å². The van der Waals surface area contributed by atoms with Gasteiger partial charge in [0.25, 0.3) is 0 Å². The zero-order valence-corrected chi connectivity index (χ0v) is 14.0. The highest BCUT2D eigenvalue weighted by molar-refractivity contribution is 9.10. The van der Waals surface area contributed by atoms with Crippen LogP contribution in [0.1, 0.15) is 27.2 Å². The van der Waals surface area contributed by atoms with Crippen LogP contribution in [0, 0.1) is 5.82 Å². The van der Waals surface area contributed by atoms with Crippen molar-refractivity contribution in [3.63, 3.8) is 0 Å². The van der Waals surface area contributed by atoms with Gasteiger partial charge in [0.1, 0.15) is 11.4 Å². The van der Waals surface area contributed by atoms with Crippen molar-refractivity contribution in [2.45, 2.75) is 38.8 Å². The highest BCUT2D eigenvalue weighted by atomic mass is 79.9. The summed E-state index contributed by atoms with van der Waals surface area (Å²) >= 11 is 3.37. The Labute approximate surface area is 132 Å². The smallest absolute Gasteiger partial charge is 0.407 e. The van der Waals surface area contributed by atoms with Crippen LogP contribution in [0.5, 0.6) is 0 Å². The number of anilines is 1. The lowest BCUT2D eigenvalue weighted by molar-refractivity contribution is 0.0509. The molecular formula is C15H20BrFN2O2. The van der Waals surface area contributed by atoms with Gasteiger partial charge in [-0.1, -0.05) is 6.07 Å². The molecule has 0 bridgehead atoms. The Balaban J connectivity index is 1.97. The van der Waals surface area contributed by atoms with Crippen LogP contribution < -0.4 is 10.2 Å². The van der Waals surface area contributed by atoms with Gasteiger partial charge in [0, 0.05) is 17.6 Å². The lowest BCUT2D eigenvalue weighted by Crippen LogP contribution is -2.40. The molecule has 0 spiro atoms. The molecule has 1 aliphatic rings. The second-order valence-corrected chi connectivity index (χ2v) is 7.00. The molecule has 6 heteroatoms. The second-order valence-electron chi connectivity index (χ2n) is 6.15. The molecule has 116 valence electrons. The van der Waals surface area contributed by atoms with Gasteiger partial charge in [0.05, 0.1) is 11.7 Å². The number of ether oxygens (including phenoxy) is 1. The molecule has 0 saturated carbocycles. The standard InChI is InChI=1S/C15H20BrFN2O2/c1-15(2,3)21-14(20)18-10-7-8-19(9-10)13-11(16)5-4-6-12(13)17/h4-6,10H,7-9H2,1-3H3,(H,18,20). The van der Waals surface area contributed by atoms with Crippen molar-refractivity contribution in [2.75, 3.05) is 18.0 Å². The van der Waals surface area contributed by atoms with E-state index in [2.05, 4.69) is 21.2 Å². The predicted octanol–water partition coefficient (Wildman–Crippen LogP) is 3.69. The molecule has 1 saturated heterocycles. The van der Waals surface area contributed by atoms with Crippen molar-refractivity contribution in [3.8, 4) is 0 Å². The Bertz CT molecular complexity index is 511. The molecule has 1 unspecified atom stereocenters. The Morgan fingerprint density at radius 3 is 2.81 bits per heavy atom. The zero-order chi connectivity index (χ0) is 15.6. The van der Waals surface area contributed by atoms with Crippen molar-refractivity contribution < 1.29 is 13.9 Å². The summed E-state index contributed by atoms with van der Waals surface area (Å²) in [5.74, 6) is -0.262. The molecule has 1 heterocycles. The van der Waals surface area contributed by atoms with E-state index in [1.165, 1.54) is 6.07 Å². The molecule has 1 aromatic rings. The molecule has 0 aliphatic carbocycles. The van der Waals surface area contributed by atoms with Crippen molar-refractivity contribution >= 4 is 27.7 Å². The van der Waals surface area contributed by atoms with Crippen LogP contribution in [0.2, 0.25) is 0 Å². The number of benzene rings is 1. The molecule has 1 atom stereocenters. The number of hydrogen-bond acceptors (Lipinski definition) is 3. The van der Waals surface area contributed by atoms with E-state index in [0.29, 0.717) is 18.8 Å². The lowest BCUT2D eigenvalue weighted by atomic mass is 10.2. The van der Waals surface area contributed by atoms with Crippen LogP contribution in [-0.4, -0.2) is 30.8 Å². The van der Waals surface area contributed by atoms with Crippen molar-refractivity contribution in [3.05, 3.63) is 28.5 Å². The molecule has 1 N–H and O–H groups in total. The number of hydrogen-bond donors (Lipinski definition) is 1. The number of alkyl carbamates (subject to hydrolysis) is 1. The fourth-order valence-corrected chi connectivity index (χ4v) is 2.94. The third-order valence-electron chi connectivity index (χ3n) is 3.16. The average molecular weight is 359 g/mol. The maximum atomic E-state index is 13.9. The van der Waals surface area contributed by atoms with Crippen molar-refractivity contribution in [1.29, 1.82) is 0 Å². The van der Waals surface area contributed by atoms with E-state index in [0.717, 1.165) is 10.9 Å². The van der Waals surface area contributed by atoms with E-state index in [4.69, 9.17) is 4.74 Å². The van der Waals surface area contributed by atoms with Crippen LogP contribution in [-0.2, 0) is 4.74 Å². The Kier molecular flexibility index (Phi) is 4.76. The highest BCUT2D eigenvalue weighted by Gasteiger charge is 2.28. The van der Waals surface area contributed by atoms with Crippen LogP contribution >= 0.6 is 15.9 Å². The molecule has 0 radical (unpaired) electrons. The molecule has 1 amide bonds. The first-order valence-corrected chi connectivity index (χ1v) is 7.74. The van der Waals surface area contributed by atoms with Crippen LogP contribution in [0.3, 0.4) is 0 Å². The highest BCUT2D eigenvalue weighted by Crippen LogP contribution is 2.31. The first-order valence-electron chi connectivity index (χ1n) is 6.95. The first kappa shape index (κ1) is 16.1. The number of carbonyl (C=O) groups is 1. The Morgan fingerprint density at radius 2 is 2.19 bits per heavy atom. The summed E-state index contributed by atoms with van der Waals surface area (Å²) in [6, 6.07) is 4.88. The van der Waals surface area contributed by atoms with E-state index in [9.17, 15) is 9.18 Å². The SMILES string of the molecule is CC(C)(C)OC(=O)NC1CCN(c2c(F)cccc2Br)C1. The summed E-state index contributed by atoms with van der Waals surface area (Å²) in [6.45, 7) is 6.73. The molecule has 4 nitrogen and oxygen atoms in total. The first-order chi connectivity index (χ1) is 9.76. The zero-order valence-electron chi connectivity index (χ0n) is 12.5. The van der Waals surface area contributed by atoms with Crippen molar-refractivity contribution in [1.82, 2.24) is 5.32 Å². The van der Waals surface area contributed by atoms with E-state index >= 15 is 0 Å². The van der Waals surface area contributed by atoms with Gasteiger partial charge in [-0.3, -0.25) is 0 Å². The summed E-state index contributed by atoms with van der Waals surface area (Å²) < 4.78 is 19.9. The summed E-state index contributed by atoms with van der Waals surface area (Å²) in [5.41, 5.74) is 0.0303. The molecule has 1 fully saturated rings.